The largest absolute Gasteiger partial charge is 0.348 e. The second kappa shape index (κ2) is 8.02. The maximum atomic E-state index is 12.6. The summed E-state index contributed by atoms with van der Waals surface area (Å²) < 4.78 is 1.68. The summed E-state index contributed by atoms with van der Waals surface area (Å²) in [6.45, 7) is 4.41. The standard InChI is InChI=1S/C22H20N6O/c1-15-11-25-27-21(16(15)2)17-7-9-18(10-8-17)22(29)24-12-19-5-3-4-6-20(19)28-14-23-13-26-28/h3-11,13-14H,12H2,1-2H3,(H,24,29). The number of benzene rings is 2. The average Bonchev–Trinajstić information content (AvgIpc) is 3.29. The molecule has 7 nitrogen and oxygen atoms in total. The van der Waals surface area contributed by atoms with E-state index in [2.05, 4.69) is 25.6 Å². The van der Waals surface area contributed by atoms with Gasteiger partial charge in [-0.3, -0.25) is 4.79 Å². The third kappa shape index (κ3) is 3.89. The summed E-state index contributed by atoms with van der Waals surface area (Å²) in [7, 11) is 0. The summed E-state index contributed by atoms with van der Waals surface area (Å²) in [4.78, 5) is 16.6. The number of carbonyl (C=O) groups excluding carboxylic acids is 1. The van der Waals surface area contributed by atoms with Crippen LogP contribution in [0.15, 0.2) is 67.4 Å². The lowest BCUT2D eigenvalue weighted by Gasteiger charge is -2.11. The van der Waals surface area contributed by atoms with Crippen molar-refractivity contribution < 1.29 is 4.79 Å². The lowest BCUT2D eigenvalue weighted by molar-refractivity contribution is 0.0951. The molecule has 0 radical (unpaired) electrons. The van der Waals surface area contributed by atoms with E-state index in [4.69, 9.17) is 0 Å². The Bertz CT molecular complexity index is 1140. The monoisotopic (exact) mass is 384 g/mol. The number of nitrogens with zero attached hydrogens (tertiary/aromatic N) is 5. The second-order valence-electron chi connectivity index (χ2n) is 6.73. The molecule has 2 aromatic carbocycles. The van der Waals surface area contributed by atoms with Crippen molar-refractivity contribution in [2.24, 2.45) is 0 Å². The molecular formula is C22H20N6O. The molecule has 4 rings (SSSR count). The molecule has 7 heteroatoms. The van der Waals surface area contributed by atoms with Gasteiger partial charge in [-0.2, -0.15) is 15.3 Å². The lowest BCUT2D eigenvalue weighted by atomic mass is 10.0. The van der Waals surface area contributed by atoms with Crippen LogP contribution in [0.25, 0.3) is 16.9 Å². The first-order chi connectivity index (χ1) is 14.1. The number of amides is 1. The minimum atomic E-state index is -0.142. The van der Waals surface area contributed by atoms with Crippen LogP contribution in [0.3, 0.4) is 0 Å². The van der Waals surface area contributed by atoms with Gasteiger partial charge in [-0.05, 0) is 48.7 Å². The number of nitrogens with one attached hydrogen (secondary N) is 1. The highest BCUT2D eigenvalue weighted by Gasteiger charge is 2.11. The molecule has 0 aliphatic heterocycles. The van der Waals surface area contributed by atoms with Gasteiger partial charge in [-0.25, -0.2) is 9.67 Å². The van der Waals surface area contributed by atoms with E-state index in [0.29, 0.717) is 12.1 Å². The van der Waals surface area contributed by atoms with Crippen molar-refractivity contribution in [1.29, 1.82) is 0 Å². The highest BCUT2D eigenvalue weighted by Crippen LogP contribution is 2.22. The Morgan fingerprint density at radius 1 is 1.07 bits per heavy atom. The van der Waals surface area contributed by atoms with E-state index in [1.54, 1.807) is 29.3 Å². The third-order valence-electron chi connectivity index (χ3n) is 4.87. The van der Waals surface area contributed by atoms with Crippen molar-refractivity contribution in [1.82, 2.24) is 30.3 Å². The fourth-order valence-electron chi connectivity index (χ4n) is 3.08. The SMILES string of the molecule is Cc1cnnc(-c2ccc(C(=O)NCc3ccccc3-n3cncn3)cc2)c1C. The van der Waals surface area contributed by atoms with Crippen molar-refractivity contribution in [2.45, 2.75) is 20.4 Å². The van der Waals surface area contributed by atoms with Crippen molar-refractivity contribution >= 4 is 5.91 Å². The Kier molecular flexibility index (Phi) is 5.11. The molecule has 1 amide bonds. The van der Waals surface area contributed by atoms with Gasteiger partial charge in [0, 0.05) is 17.7 Å². The van der Waals surface area contributed by atoms with Gasteiger partial charge < -0.3 is 5.32 Å². The smallest absolute Gasteiger partial charge is 0.251 e. The highest BCUT2D eigenvalue weighted by atomic mass is 16.1. The first-order valence-corrected chi connectivity index (χ1v) is 9.24. The van der Waals surface area contributed by atoms with Gasteiger partial charge in [0.15, 0.2) is 0 Å². The Balaban J connectivity index is 1.48. The zero-order valence-electron chi connectivity index (χ0n) is 16.2. The molecule has 0 bridgehead atoms. The van der Waals surface area contributed by atoms with Crippen molar-refractivity contribution in [3.63, 3.8) is 0 Å². The number of aryl methyl sites for hydroxylation is 1. The van der Waals surface area contributed by atoms with E-state index >= 15 is 0 Å². The van der Waals surface area contributed by atoms with Crippen LogP contribution in [0.4, 0.5) is 0 Å². The van der Waals surface area contributed by atoms with Crippen LogP contribution in [0, 0.1) is 13.8 Å². The van der Waals surface area contributed by atoms with Gasteiger partial charge >= 0.3 is 0 Å². The quantitative estimate of drug-likeness (QED) is 0.571. The molecule has 0 unspecified atom stereocenters. The van der Waals surface area contributed by atoms with E-state index in [1.807, 2.05) is 50.2 Å². The number of hydrogen-bond donors (Lipinski definition) is 1. The Morgan fingerprint density at radius 2 is 1.86 bits per heavy atom. The molecule has 2 aromatic heterocycles. The predicted molar refractivity (Wildman–Crippen MR) is 109 cm³/mol. The van der Waals surface area contributed by atoms with Crippen molar-refractivity contribution in [3.8, 4) is 16.9 Å². The molecule has 1 N–H and O–H groups in total. The normalized spacial score (nSPS) is 10.7. The van der Waals surface area contributed by atoms with Crippen LogP contribution >= 0.6 is 0 Å². The van der Waals surface area contributed by atoms with Crippen LogP contribution < -0.4 is 5.32 Å². The molecule has 0 fully saturated rings. The van der Waals surface area contributed by atoms with Crippen molar-refractivity contribution in [3.05, 3.63) is 89.6 Å². The van der Waals surface area contributed by atoms with Gasteiger partial charge in [-0.15, -0.1) is 0 Å². The van der Waals surface area contributed by atoms with Crippen molar-refractivity contribution in [2.75, 3.05) is 0 Å². The number of hydrogen-bond acceptors (Lipinski definition) is 5. The third-order valence-corrected chi connectivity index (χ3v) is 4.87. The average molecular weight is 384 g/mol. The lowest BCUT2D eigenvalue weighted by Crippen LogP contribution is -2.23. The Morgan fingerprint density at radius 3 is 2.62 bits per heavy atom. The zero-order valence-corrected chi connectivity index (χ0v) is 16.2. The molecule has 0 atom stereocenters. The van der Waals surface area contributed by atoms with Crippen LogP contribution in [-0.2, 0) is 6.54 Å². The fraction of sp³-hybridized carbons (Fsp3) is 0.136. The molecule has 0 spiro atoms. The number of aromatic nitrogens is 5. The topological polar surface area (TPSA) is 85.6 Å². The second-order valence-corrected chi connectivity index (χ2v) is 6.73. The molecule has 2 heterocycles. The minimum absolute atomic E-state index is 0.142. The number of para-hydroxylation sites is 1. The summed E-state index contributed by atoms with van der Waals surface area (Å²) in [6, 6.07) is 15.2. The van der Waals surface area contributed by atoms with Crippen LogP contribution in [-0.4, -0.2) is 30.9 Å². The molecule has 29 heavy (non-hydrogen) atoms. The van der Waals surface area contributed by atoms with E-state index < -0.39 is 0 Å². The molecule has 0 aliphatic rings. The minimum Gasteiger partial charge on any atom is -0.348 e. The summed E-state index contributed by atoms with van der Waals surface area (Å²) in [5.41, 5.74) is 6.36. The van der Waals surface area contributed by atoms with E-state index in [-0.39, 0.29) is 5.91 Å². The maximum Gasteiger partial charge on any atom is 0.251 e. The summed E-state index contributed by atoms with van der Waals surface area (Å²) in [6.07, 6.45) is 4.87. The molecular weight excluding hydrogens is 364 g/mol. The zero-order chi connectivity index (χ0) is 20.2. The van der Waals surface area contributed by atoms with Gasteiger partial charge in [0.2, 0.25) is 0 Å². The Hall–Kier alpha value is -3.87. The molecule has 144 valence electrons. The molecule has 4 aromatic rings. The van der Waals surface area contributed by atoms with Crippen LogP contribution in [0.5, 0.6) is 0 Å². The van der Waals surface area contributed by atoms with Gasteiger partial charge in [0.05, 0.1) is 17.6 Å². The van der Waals surface area contributed by atoms with Crippen LogP contribution in [0.1, 0.15) is 27.0 Å². The van der Waals surface area contributed by atoms with Crippen LogP contribution in [0.2, 0.25) is 0 Å². The molecule has 0 saturated heterocycles. The predicted octanol–water partition coefficient (Wildman–Crippen LogP) is 3.27. The van der Waals surface area contributed by atoms with E-state index in [0.717, 1.165) is 33.6 Å². The van der Waals surface area contributed by atoms with E-state index in [9.17, 15) is 4.79 Å². The summed E-state index contributed by atoms with van der Waals surface area (Å²) in [5, 5.41) is 15.4. The maximum absolute atomic E-state index is 12.6. The Labute approximate surface area is 168 Å². The van der Waals surface area contributed by atoms with Gasteiger partial charge in [-0.1, -0.05) is 30.3 Å². The number of carbonyl (C=O) groups is 1. The molecule has 0 saturated carbocycles. The first-order valence-electron chi connectivity index (χ1n) is 9.24. The highest BCUT2D eigenvalue weighted by molar-refractivity contribution is 5.94. The summed E-state index contributed by atoms with van der Waals surface area (Å²) in [5.74, 6) is -0.142. The number of rotatable bonds is 5. The van der Waals surface area contributed by atoms with E-state index in [1.165, 1.54) is 6.33 Å². The fourth-order valence-corrected chi connectivity index (χ4v) is 3.08. The molecule has 0 aliphatic carbocycles. The van der Waals surface area contributed by atoms with Gasteiger partial charge in [0.1, 0.15) is 12.7 Å². The summed E-state index contributed by atoms with van der Waals surface area (Å²) >= 11 is 0. The van der Waals surface area contributed by atoms with Gasteiger partial charge in [0.25, 0.3) is 5.91 Å². The first kappa shape index (κ1) is 18.5.